The molecule has 0 saturated carbocycles. The highest BCUT2D eigenvalue weighted by atomic mass is 32.2. The fourth-order valence-electron chi connectivity index (χ4n) is 2.69. The number of nitriles is 1. The van der Waals surface area contributed by atoms with Crippen LogP contribution in [0.1, 0.15) is 31.9 Å². The number of thioether (sulfide) groups is 1. The number of amides is 1. The highest BCUT2D eigenvalue weighted by Gasteiger charge is 2.16. The molecule has 1 aromatic heterocycles. The molecule has 3 N–H and O–H groups in total. The van der Waals surface area contributed by atoms with Crippen molar-refractivity contribution in [3.8, 4) is 17.5 Å². The van der Waals surface area contributed by atoms with E-state index < -0.39 is 0 Å². The van der Waals surface area contributed by atoms with Crippen LogP contribution in [0.2, 0.25) is 0 Å². The molecule has 0 saturated heterocycles. The van der Waals surface area contributed by atoms with E-state index in [0.717, 1.165) is 5.56 Å². The van der Waals surface area contributed by atoms with Crippen molar-refractivity contribution >= 4 is 23.4 Å². The quantitative estimate of drug-likeness (QED) is 0.495. The van der Waals surface area contributed by atoms with Gasteiger partial charge in [0.25, 0.3) is 0 Å². The number of carbonyl (C=O) groups is 1. The zero-order chi connectivity index (χ0) is 21.0. The minimum absolute atomic E-state index is 0.0655. The molecule has 0 atom stereocenters. The molecule has 0 spiro atoms. The Morgan fingerprint density at radius 3 is 2.59 bits per heavy atom. The Bertz CT molecular complexity index is 1060. The average molecular weight is 407 g/mol. The first-order chi connectivity index (χ1) is 13.8. The van der Waals surface area contributed by atoms with Crippen LogP contribution in [0, 0.1) is 11.3 Å². The molecule has 0 aliphatic carbocycles. The van der Waals surface area contributed by atoms with Gasteiger partial charge in [-0.15, -0.1) is 10.2 Å². The number of nitrogens with one attached hydrogen (secondary N) is 1. The molecule has 0 unspecified atom stereocenters. The van der Waals surface area contributed by atoms with Crippen molar-refractivity contribution in [2.24, 2.45) is 0 Å². The molecule has 148 valence electrons. The summed E-state index contributed by atoms with van der Waals surface area (Å²) in [5.74, 6) is 6.58. The zero-order valence-corrected chi connectivity index (χ0v) is 17.3. The summed E-state index contributed by atoms with van der Waals surface area (Å²) in [5, 5.41) is 20.4. The Morgan fingerprint density at radius 2 is 1.93 bits per heavy atom. The normalized spacial score (nSPS) is 11.1. The molecule has 29 heavy (non-hydrogen) atoms. The molecular formula is C21H22N6OS. The fraction of sp³-hybridized carbons (Fsp3) is 0.238. The number of carbonyl (C=O) groups excluding carboxylic acids is 1. The van der Waals surface area contributed by atoms with Crippen molar-refractivity contribution < 1.29 is 4.79 Å². The monoisotopic (exact) mass is 406 g/mol. The third-order valence-corrected chi connectivity index (χ3v) is 5.22. The van der Waals surface area contributed by atoms with Gasteiger partial charge in [-0.1, -0.05) is 62.9 Å². The molecule has 1 amide bonds. The lowest BCUT2D eigenvalue weighted by Gasteiger charge is -2.19. The molecule has 0 fully saturated rings. The standard InChI is InChI=1S/C21H22N6OS/c1-21(2,3)16-9-7-15(8-10-16)19-25-26-20(27(19)23)29-13-18(28)24-17-6-4-5-14(11-17)12-22/h4-11H,13,23H2,1-3H3,(H,24,28). The number of nitrogen functional groups attached to an aromatic ring is 1. The van der Waals surface area contributed by atoms with Gasteiger partial charge in [0.1, 0.15) is 0 Å². The van der Waals surface area contributed by atoms with Gasteiger partial charge in [-0.3, -0.25) is 4.79 Å². The first kappa shape index (κ1) is 20.4. The van der Waals surface area contributed by atoms with E-state index in [1.807, 2.05) is 18.2 Å². The second-order valence-corrected chi connectivity index (χ2v) is 8.48. The Labute approximate surface area is 173 Å². The maximum Gasteiger partial charge on any atom is 0.234 e. The summed E-state index contributed by atoms with van der Waals surface area (Å²) < 4.78 is 1.39. The number of benzene rings is 2. The van der Waals surface area contributed by atoms with Crippen LogP contribution in [0.15, 0.2) is 53.7 Å². The molecule has 0 aliphatic rings. The van der Waals surface area contributed by atoms with Gasteiger partial charge in [0.15, 0.2) is 5.82 Å². The molecule has 0 radical (unpaired) electrons. The van der Waals surface area contributed by atoms with E-state index in [4.69, 9.17) is 11.1 Å². The molecule has 2 aromatic carbocycles. The molecular weight excluding hydrogens is 384 g/mol. The zero-order valence-electron chi connectivity index (χ0n) is 16.5. The number of hydrogen-bond acceptors (Lipinski definition) is 6. The van der Waals surface area contributed by atoms with Crippen molar-refractivity contribution in [3.05, 3.63) is 59.7 Å². The van der Waals surface area contributed by atoms with Gasteiger partial charge in [-0.25, -0.2) is 4.68 Å². The van der Waals surface area contributed by atoms with Crippen LogP contribution >= 0.6 is 11.8 Å². The van der Waals surface area contributed by atoms with Crippen LogP contribution < -0.4 is 11.2 Å². The van der Waals surface area contributed by atoms with E-state index in [1.165, 1.54) is 22.0 Å². The third-order valence-electron chi connectivity index (χ3n) is 4.28. The second kappa shape index (κ2) is 8.37. The summed E-state index contributed by atoms with van der Waals surface area (Å²) in [7, 11) is 0. The number of rotatable bonds is 5. The van der Waals surface area contributed by atoms with E-state index in [1.54, 1.807) is 24.3 Å². The maximum absolute atomic E-state index is 12.2. The van der Waals surface area contributed by atoms with Gasteiger partial charge in [0, 0.05) is 11.3 Å². The van der Waals surface area contributed by atoms with Gasteiger partial charge in [-0.05, 0) is 29.2 Å². The Hall–Kier alpha value is -3.31. The van der Waals surface area contributed by atoms with Crippen molar-refractivity contribution in [1.82, 2.24) is 14.9 Å². The first-order valence-electron chi connectivity index (χ1n) is 9.02. The first-order valence-corrected chi connectivity index (χ1v) is 10.0. The Balaban J connectivity index is 1.65. The van der Waals surface area contributed by atoms with Gasteiger partial charge in [0.2, 0.25) is 11.1 Å². The van der Waals surface area contributed by atoms with Crippen LogP contribution in [0.3, 0.4) is 0 Å². The predicted molar refractivity (Wildman–Crippen MR) is 115 cm³/mol. The van der Waals surface area contributed by atoms with Gasteiger partial charge in [0.05, 0.1) is 17.4 Å². The van der Waals surface area contributed by atoms with Crippen LogP contribution in [0.5, 0.6) is 0 Å². The fourth-order valence-corrected chi connectivity index (χ4v) is 3.34. The highest BCUT2D eigenvalue weighted by Crippen LogP contribution is 2.26. The number of hydrogen-bond donors (Lipinski definition) is 2. The number of nitrogens with two attached hydrogens (primary N) is 1. The summed E-state index contributed by atoms with van der Waals surface area (Å²) in [4.78, 5) is 12.2. The minimum Gasteiger partial charge on any atom is -0.335 e. The topological polar surface area (TPSA) is 110 Å². The van der Waals surface area contributed by atoms with E-state index in [-0.39, 0.29) is 17.1 Å². The summed E-state index contributed by atoms with van der Waals surface area (Å²) >= 11 is 1.19. The van der Waals surface area contributed by atoms with Gasteiger partial charge in [-0.2, -0.15) is 5.26 Å². The maximum atomic E-state index is 12.2. The SMILES string of the molecule is CC(C)(C)c1ccc(-c2nnc(SCC(=O)Nc3cccc(C#N)c3)n2N)cc1. The number of aromatic nitrogens is 3. The number of anilines is 1. The third kappa shape index (κ3) is 4.95. The van der Waals surface area contributed by atoms with Crippen LogP contribution in [-0.2, 0) is 10.2 Å². The average Bonchev–Trinajstić information content (AvgIpc) is 3.06. The minimum atomic E-state index is -0.218. The van der Waals surface area contributed by atoms with Crippen molar-refractivity contribution in [2.45, 2.75) is 31.3 Å². The van der Waals surface area contributed by atoms with E-state index in [9.17, 15) is 4.79 Å². The van der Waals surface area contributed by atoms with E-state index in [0.29, 0.717) is 22.2 Å². The van der Waals surface area contributed by atoms with Crippen LogP contribution in [0.4, 0.5) is 5.69 Å². The van der Waals surface area contributed by atoms with Gasteiger partial charge >= 0.3 is 0 Å². The second-order valence-electron chi connectivity index (χ2n) is 7.53. The summed E-state index contributed by atoms with van der Waals surface area (Å²) in [6, 6.07) is 16.8. The Morgan fingerprint density at radius 1 is 1.21 bits per heavy atom. The largest absolute Gasteiger partial charge is 0.335 e. The molecule has 1 heterocycles. The van der Waals surface area contributed by atoms with Crippen molar-refractivity contribution in [1.29, 1.82) is 5.26 Å². The van der Waals surface area contributed by atoms with Gasteiger partial charge < -0.3 is 11.2 Å². The molecule has 0 bridgehead atoms. The van der Waals surface area contributed by atoms with Crippen molar-refractivity contribution in [2.75, 3.05) is 16.9 Å². The van der Waals surface area contributed by atoms with E-state index >= 15 is 0 Å². The lowest BCUT2D eigenvalue weighted by molar-refractivity contribution is -0.113. The summed E-state index contributed by atoms with van der Waals surface area (Å²) in [6.45, 7) is 6.47. The molecule has 8 heteroatoms. The Kier molecular flexibility index (Phi) is 5.89. The predicted octanol–water partition coefficient (Wildman–Crippen LogP) is 3.56. The smallest absolute Gasteiger partial charge is 0.234 e. The molecule has 3 rings (SSSR count). The lowest BCUT2D eigenvalue weighted by Crippen LogP contribution is -2.16. The van der Waals surface area contributed by atoms with Crippen LogP contribution in [-0.4, -0.2) is 26.5 Å². The van der Waals surface area contributed by atoms with Crippen LogP contribution in [0.25, 0.3) is 11.4 Å². The lowest BCUT2D eigenvalue weighted by atomic mass is 9.87. The summed E-state index contributed by atoms with van der Waals surface area (Å²) in [6.07, 6.45) is 0. The molecule has 3 aromatic rings. The summed E-state index contributed by atoms with van der Waals surface area (Å²) in [5.41, 5.74) is 3.20. The van der Waals surface area contributed by atoms with Crippen molar-refractivity contribution in [3.63, 3.8) is 0 Å². The highest BCUT2D eigenvalue weighted by molar-refractivity contribution is 7.99. The number of nitrogens with zero attached hydrogens (tertiary/aromatic N) is 4. The van der Waals surface area contributed by atoms with E-state index in [2.05, 4.69) is 48.4 Å². The molecule has 7 nitrogen and oxygen atoms in total. The molecule has 0 aliphatic heterocycles.